The van der Waals surface area contributed by atoms with Gasteiger partial charge in [0.1, 0.15) is 17.6 Å². The van der Waals surface area contributed by atoms with Gasteiger partial charge in [-0.15, -0.1) is 0 Å². The van der Waals surface area contributed by atoms with Crippen LogP contribution in [-0.4, -0.2) is 52.2 Å². The van der Waals surface area contributed by atoms with E-state index in [0.717, 1.165) is 49.6 Å². The minimum absolute atomic E-state index is 0.0897. The van der Waals surface area contributed by atoms with Gasteiger partial charge in [0.2, 0.25) is 17.6 Å². The lowest BCUT2D eigenvalue weighted by molar-refractivity contribution is -0.141. The van der Waals surface area contributed by atoms with E-state index in [1.54, 1.807) is 4.90 Å². The van der Waals surface area contributed by atoms with Crippen molar-refractivity contribution in [3.63, 3.8) is 0 Å². The number of carbonyl (C=O) groups excluding carboxylic acids is 3. The molecular weight excluding hydrogens is 506 g/mol. The molecule has 0 spiro atoms. The summed E-state index contributed by atoms with van der Waals surface area (Å²) in [6.07, 6.45) is 8.24. The number of nitrogens with zero attached hydrogens (tertiary/aromatic N) is 2. The Kier molecular flexibility index (Phi) is 7.31. The van der Waals surface area contributed by atoms with Gasteiger partial charge < -0.3 is 25.7 Å². The molecule has 0 bridgehead atoms. The molecule has 4 aliphatic rings. The summed E-state index contributed by atoms with van der Waals surface area (Å²) in [4.78, 5) is 47.4. The number of para-hydroxylation sites is 2. The summed E-state index contributed by atoms with van der Waals surface area (Å²) in [6.45, 7) is 4.79. The Bertz CT molecular complexity index is 1290. The minimum Gasteiger partial charge on any atom is -0.424 e. The summed E-state index contributed by atoms with van der Waals surface area (Å²) >= 11 is 0. The molecule has 9 heteroatoms. The van der Waals surface area contributed by atoms with Crippen LogP contribution in [0.4, 0.5) is 6.01 Å². The van der Waals surface area contributed by atoms with Crippen LogP contribution in [0.2, 0.25) is 0 Å². The number of ketones is 1. The Hall–Kier alpha value is -3.36. The molecule has 5 atom stereocenters. The number of fused-ring (bicyclic) bond motifs is 2. The molecule has 214 valence electrons. The van der Waals surface area contributed by atoms with Gasteiger partial charge in [0.15, 0.2) is 5.58 Å². The largest absolute Gasteiger partial charge is 0.424 e. The van der Waals surface area contributed by atoms with Crippen LogP contribution in [0, 0.1) is 23.7 Å². The first-order chi connectivity index (χ1) is 19.3. The monoisotopic (exact) mass is 547 g/mol. The number of oxazole rings is 1. The molecule has 2 heterocycles. The van der Waals surface area contributed by atoms with E-state index in [1.165, 1.54) is 6.42 Å². The summed E-state index contributed by atoms with van der Waals surface area (Å²) in [7, 11) is 0. The number of anilines is 1. The molecule has 3 fully saturated rings. The molecule has 2 saturated carbocycles. The zero-order chi connectivity index (χ0) is 28.0. The van der Waals surface area contributed by atoms with Crippen LogP contribution in [0.15, 0.2) is 40.0 Å². The second-order valence-electron chi connectivity index (χ2n) is 12.6. The van der Waals surface area contributed by atoms with Crippen LogP contribution < -0.4 is 16.4 Å². The zero-order valence-corrected chi connectivity index (χ0v) is 23.5. The fourth-order valence-electron chi connectivity index (χ4n) is 7.18. The lowest BCUT2D eigenvalue weighted by Gasteiger charge is -2.39. The maximum Gasteiger partial charge on any atom is 0.296 e. The first-order valence-corrected chi connectivity index (χ1v) is 15.1. The van der Waals surface area contributed by atoms with Crippen LogP contribution in [-0.2, 0) is 14.4 Å². The van der Waals surface area contributed by atoms with Gasteiger partial charge in [0.25, 0.3) is 6.01 Å². The second kappa shape index (κ2) is 10.9. The highest BCUT2D eigenvalue weighted by atomic mass is 16.4. The van der Waals surface area contributed by atoms with E-state index in [1.807, 2.05) is 24.3 Å². The molecule has 6 rings (SSSR count). The molecule has 40 heavy (non-hydrogen) atoms. The van der Waals surface area contributed by atoms with E-state index in [2.05, 4.69) is 29.5 Å². The fourth-order valence-corrected chi connectivity index (χ4v) is 7.18. The predicted octanol–water partition coefficient (Wildman–Crippen LogP) is 4.14. The summed E-state index contributed by atoms with van der Waals surface area (Å²) in [5.74, 6) is 0.389. The van der Waals surface area contributed by atoms with E-state index >= 15 is 0 Å². The van der Waals surface area contributed by atoms with Gasteiger partial charge in [-0.05, 0) is 79.9 Å². The molecule has 9 nitrogen and oxygen atoms in total. The van der Waals surface area contributed by atoms with E-state index in [0.29, 0.717) is 42.6 Å². The lowest BCUT2D eigenvalue weighted by atomic mass is 9.69. The molecule has 4 N–H and O–H groups in total. The first kappa shape index (κ1) is 26.8. The highest BCUT2D eigenvalue weighted by molar-refractivity contribution is 6.03. The molecule has 1 aromatic heterocycles. The summed E-state index contributed by atoms with van der Waals surface area (Å²) < 4.78 is 5.96. The normalized spacial score (nSPS) is 28.0. The zero-order valence-electron chi connectivity index (χ0n) is 23.5. The number of rotatable bonds is 7. The van der Waals surface area contributed by atoms with Crippen LogP contribution >= 0.6 is 0 Å². The van der Waals surface area contributed by atoms with Gasteiger partial charge in [-0.3, -0.25) is 14.4 Å². The van der Waals surface area contributed by atoms with Gasteiger partial charge in [0.05, 0.1) is 11.7 Å². The maximum atomic E-state index is 14.4. The Morgan fingerprint density at radius 1 is 1.07 bits per heavy atom. The number of aromatic nitrogens is 1. The third kappa shape index (κ3) is 4.99. The number of Topliss-reactive ketones (excluding diaryl/α,β-unsaturated/α-hetero) is 1. The summed E-state index contributed by atoms with van der Waals surface area (Å²) in [5.41, 5.74) is 8.91. The Balaban J connectivity index is 1.24. The number of carbonyl (C=O) groups is 3. The fraction of sp³-hybridized carbons (Fsp3) is 0.613. The molecular formula is C31H41N5O4. The average molecular weight is 548 g/mol. The van der Waals surface area contributed by atoms with Crippen molar-refractivity contribution in [1.82, 2.24) is 15.2 Å². The van der Waals surface area contributed by atoms with Crippen molar-refractivity contribution in [2.45, 2.75) is 89.8 Å². The lowest BCUT2D eigenvalue weighted by Crippen LogP contribution is -2.56. The molecule has 2 amide bonds. The van der Waals surface area contributed by atoms with Crippen molar-refractivity contribution in [2.24, 2.45) is 29.4 Å². The Morgan fingerprint density at radius 2 is 1.85 bits per heavy atom. The first-order valence-electron chi connectivity index (χ1n) is 15.1. The van der Waals surface area contributed by atoms with Crippen LogP contribution in [0.25, 0.3) is 11.1 Å². The van der Waals surface area contributed by atoms with Crippen molar-refractivity contribution >= 4 is 34.7 Å². The third-order valence-electron chi connectivity index (χ3n) is 9.84. The number of hydrogen-bond donors (Lipinski definition) is 3. The van der Waals surface area contributed by atoms with Crippen molar-refractivity contribution in [1.29, 1.82) is 0 Å². The number of hydrogen-bond acceptors (Lipinski definition) is 7. The standard InChI is InChI=1S/C31H41N5O4/c1-17(2)20-15-24(29(38)33-23-14-19-12-13-21(19)26(32)28(23)37)36(16-20)30(39)27(18-8-4-3-5-9-18)35-31-34-22-10-6-7-11-25(22)40-31/h6-7,10-11,17-20,23-24,27H,3-5,8-9,12-16,32H2,1-2H3,(H,33,38)(H,34,35)/t19?,20-,23?,24?,27+/m1/s1. The SMILES string of the molecule is CC(C)[C@@H]1CC(C(=O)NC2CC3CCC3=C(N)C2=O)N(C(=O)[C@@H](Nc2nc3ccccc3o2)C2CCCCC2)C1. The average Bonchev–Trinajstić information content (AvgIpc) is 3.57. The number of allylic oxidation sites excluding steroid dienone is 1. The van der Waals surface area contributed by atoms with Gasteiger partial charge >= 0.3 is 0 Å². The van der Waals surface area contributed by atoms with Crippen molar-refractivity contribution in [3.05, 3.63) is 35.5 Å². The Morgan fingerprint density at radius 3 is 2.55 bits per heavy atom. The molecule has 1 aliphatic heterocycles. The molecule has 1 aromatic carbocycles. The van der Waals surface area contributed by atoms with Gasteiger partial charge in [-0.25, -0.2) is 0 Å². The summed E-state index contributed by atoms with van der Waals surface area (Å²) in [5, 5.41) is 6.36. The van der Waals surface area contributed by atoms with Crippen molar-refractivity contribution in [3.8, 4) is 0 Å². The number of nitrogens with two attached hydrogens (primary N) is 1. The second-order valence-corrected chi connectivity index (χ2v) is 12.6. The molecule has 3 unspecified atom stereocenters. The predicted molar refractivity (Wildman–Crippen MR) is 152 cm³/mol. The third-order valence-corrected chi connectivity index (χ3v) is 9.84. The van der Waals surface area contributed by atoms with Crippen molar-refractivity contribution in [2.75, 3.05) is 11.9 Å². The Labute approximate surface area is 235 Å². The number of benzene rings is 1. The molecule has 0 radical (unpaired) electrons. The maximum absolute atomic E-state index is 14.4. The molecule has 2 aromatic rings. The van der Waals surface area contributed by atoms with Gasteiger partial charge in [-0.1, -0.05) is 45.2 Å². The van der Waals surface area contributed by atoms with Gasteiger partial charge in [-0.2, -0.15) is 4.98 Å². The quantitative estimate of drug-likeness (QED) is 0.475. The van der Waals surface area contributed by atoms with E-state index in [9.17, 15) is 14.4 Å². The molecule has 1 saturated heterocycles. The number of nitrogens with one attached hydrogen (secondary N) is 2. The number of amides is 2. The van der Waals surface area contributed by atoms with E-state index in [-0.39, 0.29) is 35.4 Å². The topological polar surface area (TPSA) is 131 Å². The smallest absolute Gasteiger partial charge is 0.296 e. The van der Waals surface area contributed by atoms with E-state index < -0.39 is 18.1 Å². The summed E-state index contributed by atoms with van der Waals surface area (Å²) in [6, 6.07) is 6.09. The molecule has 3 aliphatic carbocycles. The van der Waals surface area contributed by atoms with Gasteiger partial charge in [0, 0.05) is 6.54 Å². The highest BCUT2D eigenvalue weighted by Crippen LogP contribution is 2.42. The van der Waals surface area contributed by atoms with Crippen molar-refractivity contribution < 1.29 is 18.8 Å². The minimum atomic E-state index is -0.628. The van der Waals surface area contributed by atoms with Crippen LogP contribution in [0.3, 0.4) is 0 Å². The van der Waals surface area contributed by atoms with Crippen LogP contribution in [0.5, 0.6) is 0 Å². The van der Waals surface area contributed by atoms with E-state index in [4.69, 9.17) is 10.2 Å². The number of likely N-dealkylation sites (tertiary alicyclic amines) is 1. The van der Waals surface area contributed by atoms with Crippen LogP contribution in [0.1, 0.15) is 71.6 Å². The highest BCUT2D eigenvalue weighted by Gasteiger charge is 2.46.